The molecule has 0 aliphatic carbocycles. The summed E-state index contributed by atoms with van der Waals surface area (Å²) in [6.45, 7) is 3.20. The molecule has 0 aromatic heterocycles. The topological polar surface area (TPSA) is 31.0 Å². The highest BCUT2D eigenvalue weighted by atomic mass is 35.5. The Morgan fingerprint density at radius 2 is 2.17 bits per heavy atom. The lowest BCUT2D eigenvalue weighted by Crippen LogP contribution is -2.33. The van der Waals surface area contributed by atoms with E-state index in [1.807, 2.05) is 13.0 Å². The molecule has 2 atom stereocenters. The van der Waals surface area contributed by atoms with Crippen LogP contribution in [0.3, 0.4) is 0 Å². The average molecular weight is 291 g/mol. The van der Waals surface area contributed by atoms with E-state index in [2.05, 4.69) is 0 Å². The summed E-state index contributed by atoms with van der Waals surface area (Å²) in [6.07, 6.45) is 0.473. The van der Waals surface area contributed by atoms with Crippen molar-refractivity contribution in [3.63, 3.8) is 0 Å². The number of halogens is 2. The Hall–Kier alpha value is -0.320. The number of epoxide rings is 1. The van der Waals surface area contributed by atoms with Crippen LogP contribution in [0.15, 0.2) is 18.2 Å². The van der Waals surface area contributed by atoms with Crippen molar-refractivity contribution in [3.05, 3.63) is 33.8 Å². The molecule has 0 spiro atoms. The van der Waals surface area contributed by atoms with E-state index >= 15 is 0 Å². The molecule has 1 heterocycles. The molecule has 1 aromatic rings. The number of benzene rings is 1. The fourth-order valence-electron chi connectivity index (χ4n) is 1.95. The lowest BCUT2D eigenvalue weighted by Gasteiger charge is -2.24. The molecule has 0 N–H and O–H groups in total. The van der Waals surface area contributed by atoms with Gasteiger partial charge in [-0.05, 0) is 18.6 Å². The molecule has 2 rings (SSSR count). The van der Waals surface area contributed by atoms with Crippen molar-refractivity contribution in [1.82, 2.24) is 0 Å². The van der Waals surface area contributed by atoms with Gasteiger partial charge in [0.05, 0.1) is 6.61 Å². The van der Waals surface area contributed by atoms with Crippen molar-refractivity contribution in [2.75, 3.05) is 20.3 Å². The Bertz CT molecular complexity index is 419. The van der Waals surface area contributed by atoms with E-state index in [0.29, 0.717) is 23.3 Å². The predicted octanol–water partition coefficient (Wildman–Crippen LogP) is 3.62. The smallest absolute Gasteiger partial charge is 0.192 e. The van der Waals surface area contributed by atoms with E-state index in [0.717, 1.165) is 12.0 Å². The van der Waals surface area contributed by atoms with E-state index in [1.165, 1.54) is 0 Å². The van der Waals surface area contributed by atoms with Gasteiger partial charge in [0.15, 0.2) is 11.9 Å². The van der Waals surface area contributed by atoms with Crippen molar-refractivity contribution in [3.8, 4) is 0 Å². The summed E-state index contributed by atoms with van der Waals surface area (Å²) in [7, 11) is 1.60. The Morgan fingerprint density at radius 3 is 2.67 bits per heavy atom. The molecule has 1 aliphatic heterocycles. The molecule has 0 radical (unpaired) electrons. The number of methoxy groups -OCH3 is 1. The van der Waals surface area contributed by atoms with Crippen molar-refractivity contribution in [2.45, 2.75) is 25.2 Å². The standard InChI is InChI=1S/C13H16Cl2O3/c1-3-6-17-12(16-2)13(8-18-13)10-5-4-9(14)7-11(10)15/h4-5,7,12H,3,6,8H2,1-2H3. The maximum atomic E-state index is 6.21. The third-order valence-corrected chi connectivity index (χ3v) is 3.46. The lowest BCUT2D eigenvalue weighted by atomic mass is 9.99. The highest BCUT2D eigenvalue weighted by molar-refractivity contribution is 6.35. The summed E-state index contributed by atoms with van der Waals surface area (Å²) in [6, 6.07) is 5.35. The largest absolute Gasteiger partial charge is 0.359 e. The molecule has 100 valence electrons. The van der Waals surface area contributed by atoms with E-state index in [4.69, 9.17) is 37.4 Å². The van der Waals surface area contributed by atoms with Crippen LogP contribution in [0, 0.1) is 0 Å². The lowest BCUT2D eigenvalue weighted by molar-refractivity contribution is -0.165. The van der Waals surface area contributed by atoms with Crippen molar-refractivity contribution in [2.24, 2.45) is 0 Å². The van der Waals surface area contributed by atoms with Crippen LogP contribution >= 0.6 is 23.2 Å². The maximum absolute atomic E-state index is 6.21. The van der Waals surface area contributed by atoms with Crippen LogP contribution in [-0.2, 0) is 19.8 Å². The highest BCUT2D eigenvalue weighted by Crippen LogP contribution is 2.46. The first-order valence-electron chi connectivity index (χ1n) is 5.88. The van der Waals surface area contributed by atoms with E-state index < -0.39 is 11.9 Å². The van der Waals surface area contributed by atoms with Gasteiger partial charge in [-0.3, -0.25) is 0 Å². The number of rotatable bonds is 6. The highest BCUT2D eigenvalue weighted by Gasteiger charge is 2.55. The summed E-state index contributed by atoms with van der Waals surface area (Å²) < 4.78 is 16.6. The normalized spacial score (nSPS) is 24.0. The average Bonchev–Trinajstić information content (AvgIpc) is 3.11. The van der Waals surface area contributed by atoms with Crippen LogP contribution in [0.2, 0.25) is 10.0 Å². The van der Waals surface area contributed by atoms with Gasteiger partial charge in [-0.2, -0.15) is 0 Å². The molecule has 0 bridgehead atoms. The first-order valence-corrected chi connectivity index (χ1v) is 6.63. The Labute approximate surface area is 117 Å². The number of hydrogen-bond acceptors (Lipinski definition) is 3. The van der Waals surface area contributed by atoms with Crippen molar-refractivity contribution < 1.29 is 14.2 Å². The van der Waals surface area contributed by atoms with Crippen LogP contribution in [0.25, 0.3) is 0 Å². The number of ether oxygens (including phenoxy) is 3. The van der Waals surface area contributed by atoms with Gasteiger partial charge in [0.1, 0.15) is 0 Å². The maximum Gasteiger partial charge on any atom is 0.192 e. The van der Waals surface area contributed by atoms with Crippen LogP contribution in [0.4, 0.5) is 0 Å². The van der Waals surface area contributed by atoms with Gasteiger partial charge in [-0.15, -0.1) is 0 Å². The van der Waals surface area contributed by atoms with Gasteiger partial charge in [0.25, 0.3) is 0 Å². The molecule has 2 unspecified atom stereocenters. The first-order chi connectivity index (χ1) is 8.64. The second kappa shape index (κ2) is 5.76. The zero-order valence-electron chi connectivity index (χ0n) is 10.4. The van der Waals surface area contributed by atoms with Crippen LogP contribution < -0.4 is 0 Å². The van der Waals surface area contributed by atoms with Crippen molar-refractivity contribution in [1.29, 1.82) is 0 Å². The predicted molar refractivity (Wildman–Crippen MR) is 71.1 cm³/mol. The third-order valence-electron chi connectivity index (χ3n) is 2.91. The van der Waals surface area contributed by atoms with Gasteiger partial charge in [-0.1, -0.05) is 36.2 Å². The van der Waals surface area contributed by atoms with Gasteiger partial charge >= 0.3 is 0 Å². The molecule has 1 fully saturated rings. The summed E-state index contributed by atoms with van der Waals surface area (Å²) in [5, 5.41) is 1.17. The molecular formula is C13H16Cl2O3. The minimum atomic E-state index is -0.592. The number of hydrogen-bond donors (Lipinski definition) is 0. The van der Waals surface area contributed by atoms with E-state index in [1.54, 1.807) is 19.2 Å². The Kier molecular flexibility index (Phi) is 4.51. The quantitative estimate of drug-likeness (QED) is 0.592. The minimum Gasteiger partial charge on any atom is -0.359 e. The van der Waals surface area contributed by atoms with Crippen LogP contribution in [0.1, 0.15) is 18.9 Å². The van der Waals surface area contributed by atoms with Crippen LogP contribution in [0.5, 0.6) is 0 Å². The molecule has 1 aliphatic rings. The Morgan fingerprint density at radius 1 is 1.44 bits per heavy atom. The second-order valence-electron chi connectivity index (χ2n) is 4.24. The van der Waals surface area contributed by atoms with E-state index in [9.17, 15) is 0 Å². The molecule has 0 saturated carbocycles. The molecule has 3 nitrogen and oxygen atoms in total. The fourth-order valence-corrected chi connectivity index (χ4v) is 2.52. The molecule has 1 saturated heterocycles. The summed E-state index contributed by atoms with van der Waals surface area (Å²) >= 11 is 12.1. The molecular weight excluding hydrogens is 275 g/mol. The summed E-state index contributed by atoms with van der Waals surface area (Å²) in [5.74, 6) is 0. The van der Waals surface area contributed by atoms with E-state index in [-0.39, 0.29) is 0 Å². The van der Waals surface area contributed by atoms with Gasteiger partial charge in [0.2, 0.25) is 0 Å². The third kappa shape index (κ3) is 2.65. The van der Waals surface area contributed by atoms with Gasteiger partial charge in [-0.25, -0.2) is 0 Å². The first kappa shape index (κ1) is 14.1. The van der Waals surface area contributed by atoms with Crippen molar-refractivity contribution >= 4 is 23.2 Å². The zero-order chi connectivity index (χ0) is 13.2. The van der Waals surface area contributed by atoms with Gasteiger partial charge in [0, 0.05) is 29.3 Å². The molecule has 18 heavy (non-hydrogen) atoms. The SMILES string of the molecule is CCCOC(OC)C1(c2ccc(Cl)cc2Cl)CO1. The second-order valence-corrected chi connectivity index (χ2v) is 5.08. The monoisotopic (exact) mass is 290 g/mol. The molecule has 1 aromatic carbocycles. The zero-order valence-corrected chi connectivity index (χ0v) is 11.9. The fraction of sp³-hybridized carbons (Fsp3) is 0.538. The van der Waals surface area contributed by atoms with Crippen LogP contribution in [-0.4, -0.2) is 26.6 Å². The van der Waals surface area contributed by atoms with Gasteiger partial charge < -0.3 is 14.2 Å². The molecule has 5 heteroatoms. The Balaban J connectivity index is 2.24. The summed E-state index contributed by atoms with van der Waals surface area (Å²) in [4.78, 5) is 0. The minimum absolute atomic E-state index is 0.448. The molecule has 0 amide bonds. The summed E-state index contributed by atoms with van der Waals surface area (Å²) in [5.41, 5.74) is 0.266.